The normalized spacial score (nSPS) is 10.4. The first-order valence-corrected chi connectivity index (χ1v) is 6.29. The van der Waals surface area contributed by atoms with E-state index in [-0.39, 0.29) is 22.8 Å². The Balaban J connectivity index is 2.37. The largest absolute Gasteiger partial charge is 0.476 e. The lowest BCUT2D eigenvalue weighted by Crippen LogP contribution is -2.20. The van der Waals surface area contributed by atoms with Crippen molar-refractivity contribution < 1.29 is 14.8 Å². The first-order chi connectivity index (χ1) is 9.38. The van der Waals surface area contributed by atoms with Gasteiger partial charge in [0.15, 0.2) is 0 Å². The summed E-state index contributed by atoms with van der Waals surface area (Å²) in [5, 5.41) is 21.0. The number of carboxylic acid groups (broad SMARTS) is 1. The molecular formula is C11H9N3O5S. The second-order valence-electron chi connectivity index (χ2n) is 4.01. The number of pyridine rings is 1. The van der Waals surface area contributed by atoms with Gasteiger partial charge in [-0.05, 0) is 6.92 Å². The Kier molecular flexibility index (Phi) is 3.61. The zero-order valence-corrected chi connectivity index (χ0v) is 11.1. The number of hydrogen-bond acceptors (Lipinski definition) is 6. The third kappa shape index (κ3) is 2.72. The number of rotatable bonds is 4. The van der Waals surface area contributed by atoms with E-state index in [1.54, 1.807) is 0 Å². The number of hydrogen-bond donors (Lipinski definition) is 1. The summed E-state index contributed by atoms with van der Waals surface area (Å²) >= 11 is 0.937. The standard InChI is InChI=1S/C11H9N3O5S/c1-6-2-9(15)13(4-8(6)14(18)19)3-7-5-20-10(12-7)11(16)17/h2,4-5H,3H2,1H3,(H,16,17). The van der Waals surface area contributed by atoms with Gasteiger partial charge in [0.2, 0.25) is 5.01 Å². The highest BCUT2D eigenvalue weighted by Gasteiger charge is 2.15. The molecule has 2 rings (SSSR count). The van der Waals surface area contributed by atoms with E-state index in [4.69, 9.17) is 5.11 Å². The maximum absolute atomic E-state index is 11.8. The van der Waals surface area contributed by atoms with Gasteiger partial charge in [0.1, 0.15) is 0 Å². The molecule has 0 aliphatic rings. The molecule has 104 valence electrons. The summed E-state index contributed by atoms with van der Waals surface area (Å²) in [4.78, 5) is 36.6. The fraction of sp³-hybridized carbons (Fsp3) is 0.182. The Labute approximate surface area is 116 Å². The maximum Gasteiger partial charge on any atom is 0.365 e. The van der Waals surface area contributed by atoms with Gasteiger partial charge in [0.05, 0.1) is 23.4 Å². The van der Waals surface area contributed by atoms with E-state index in [0.29, 0.717) is 5.69 Å². The van der Waals surface area contributed by atoms with E-state index >= 15 is 0 Å². The highest BCUT2D eigenvalue weighted by Crippen LogP contribution is 2.15. The molecule has 2 aromatic rings. The Morgan fingerprint density at radius 2 is 2.30 bits per heavy atom. The summed E-state index contributed by atoms with van der Waals surface area (Å²) in [7, 11) is 0. The summed E-state index contributed by atoms with van der Waals surface area (Å²) in [6.45, 7) is 1.47. The van der Waals surface area contributed by atoms with Gasteiger partial charge in [-0.15, -0.1) is 11.3 Å². The van der Waals surface area contributed by atoms with Crippen molar-refractivity contribution in [1.82, 2.24) is 9.55 Å². The molecule has 0 atom stereocenters. The van der Waals surface area contributed by atoms with Crippen LogP contribution in [-0.2, 0) is 6.54 Å². The molecule has 0 bridgehead atoms. The number of nitrogens with zero attached hydrogens (tertiary/aromatic N) is 3. The van der Waals surface area contributed by atoms with Crippen molar-refractivity contribution in [1.29, 1.82) is 0 Å². The molecule has 0 saturated carbocycles. The fourth-order valence-corrected chi connectivity index (χ4v) is 2.27. The topological polar surface area (TPSA) is 115 Å². The predicted molar refractivity (Wildman–Crippen MR) is 70.3 cm³/mol. The van der Waals surface area contributed by atoms with Crippen LogP contribution in [0, 0.1) is 17.0 Å². The molecular weight excluding hydrogens is 286 g/mol. The molecule has 0 radical (unpaired) electrons. The van der Waals surface area contributed by atoms with Gasteiger partial charge >= 0.3 is 5.97 Å². The number of aromatic carboxylic acids is 1. The van der Waals surface area contributed by atoms with Gasteiger partial charge in [-0.2, -0.15) is 0 Å². The zero-order chi connectivity index (χ0) is 14.9. The van der Waals surface area contributed by atoms with Crippen molar-refractivity contribution >= 4 is 23.0 Å². The number of thiazole rings is 1. The molecule has 20 heavy (non-hydrogen) atoms. The van der Waals surface area contributed by atoms with Gasteiger partial charge in [0.25, 0.3) is 11.2 Å². The van der Waals surface area contributed by atoms with Gasteiger partial charge in [0, 0.05) is 17.0 Å². The molecule has 0 unspecified atom stereocenters. The van der Waals surface area contributed by atoms with Crippen LogP contribution in [-0.4, -0.2) is 25.6 Å². The molecule has 0 aromatic carbocycles. The monoisotopic (exact) mass is 295 g/mol. The van der Waals surface area contributed by atoms with Crippen molar-refractivity contribution in [3.8, 4) is 0 Å². The van der Waals surface area contributed by atoms with Crippen LogP contribution in [0.3, 0.4) is 0 Å². The van der Waals surface area contributed by atoms with Crippen LogP contribution >= 0.6 is 11.3 Å². The minimum Gasteiger partial charge on any atom is -0.476 e. The minimum absolute atomic E-state index is 0.0102. The van der Waals surface area contributed by atoms with Crippen molar-refractivity contribution in [3.05, 3.63) is 54.4 Å². The number of carbonyl (C=O) groups is 1. The second kappa shape index (κ2) is 5.21. The zero-order valence-electron chi connectivity index (χ0n) is 10.3. The smallest absolute Gasteiger partial charge is 0.365 e. The Morgan fingerprint density at radius 1 is 1.60 bits per heavy atom. The lowest BCUT2D eigenvalue weighted by molar-refractivity contribution is -0.385. The Hall–Kier alpha value is -2.55. The third-order valence-electron chi connectivity index (χ3n) is 2.57. The minimum atomic E-state index is -1.15. The van der Waals surface area contributed by atoms with E-state index in [2.05, 4.69) is 4.98 Å². The van der Waals surface area contributed by atoms with E-state index < -0.39 is 16.5 Å². The van der Waals surface area contributed by atoms with Gasteiger partial charge < -0.3 is 9.67 Å². The number of aromatic nitrogens is 2. The van der Waals surface area contributed by atoms with Crippen molar-refractivity contribution in [2.24, 2.45) is 0 Å². The maximum atomic E-state index is 11.8. The summed E-state index contributed by atoms with van der Waals surface area (Å²) in [5.41, 5.74) is 0.0738. The summed E-state index contributed by atoms with van der Waals surface area (Å²) in [5.74, 6) is -1.15. The number of carboxylic acids is 1. The predicted octanol–water partition coefficient (Wildman–Crippen LogP) is 1.27. The lowest BCUT2D eigenvalue weighted by atomic mass is 10.2. The van der Waals surface area contributed by atoms with E-state index in [9.17, 15) is 19.7 Å². The molecule has 8 nitrogen and oxygen atoms in total. The average molecular weight is 295 g/mol. The van der Waals surface area contributed by atoms with Crippen LogP contribution in [0.15, 0.2) is 22.4 Å². The Morgan fingerprint density at radius 3 is 2.85 bits per heavy atom. The van der Waals surface area contributed by atoms with Crippen molar-refractivity contribution in [3.63, 3.8) is 0 Å². The van der Waals surface area contributed by atoms with Crippen LogP contribution in [0.25, 0.3) is 0 Å². The fourth-order valence-electron chi connectivity index (χ4n) is 1.62. The number of aryl methyl sites for hydroxylation is 1. The van der Waals surface area contributed by atoms with Crippen molar-refractivity contribution in [2.75, 3.05) is 0 Å². The molecule has 9 heteroatoms. The summed E-state index contributed by atoms with van der Waals surface area (Å²) < 4.78 is 1.13. The van der Waals surface area contributed by atoms with Crippen LogP contribution in [0.4, 0.5) is 5.69 Å². The highest BCUT2D eigenvalue weighted by atomic mass is 32.1. The van der Waals surface area contributed by atoms with Gasteiger partial charge in [-0.3, -0.25) is 14.9 Å². The molecule has 1 N–H and O–H groups in total. The molecule has 0 amide bonds. The first-order valence-electron chi connectivity index (χ1n) is 5.41. The van der Waals surface area contributed by atoms with Crippen LogP contribution in [0.2, 0.25) is 0 Å². The van der Waals surface area contributed by atoms with Gasteiger partial charge in [-0.1, -0.05) is 0 Å². The number of nitro groups is 1. The van der Waals surface area contributed by atoms with Crippen LogP contribution in [0.5, 0.6) is 0 Å². The van der Waals surface area contributed by atoms with E-state index in [1.165, 1.54) is 18.4 Å². The lowest BCUT2D eigenvalue weighted by Gasteiger charge is -2.04. The third-order valence-corrected chi connectivity index (χ3v) is 3.45. The molecule has 2 aromatic heterocycles. The molecule has 2 heterocycles. The van der Waals surface area contributed by atoms with E-state index in [1.807, 2.05) is 0 Å². The van der Waals surface area contributed by atoms with Crippen LogP contribution in [0.1, 0.15) is 21.1 Å². The van der Waals surface area contributed by atoms with Gasteiger partial charge in [-0.25, -0.2) is 9.78 Å². The van der Waals surface area contributed by atoms with Crippen molar-refractivity contribution in [2.45, 2.75) is 13.5 Å². The summed E-state index contributed by atoms with van der Waals surface area (Å²) in [6.07, 6.45) is 1.14. The highest BCUT2D eigenvalue weighted by molar-refractivity contribution is 7.11. The van der Waals surface area contributed by atoms with E-state index in [0.717, 1.165) is 22.1 Å². The SMILES string of the molecule is Cc1cc(=O)n(Cc2csc(C(=O)O)n2)cc1[N+](=O)[O-]. The average Bonchev–Trinajstić information content (AvgIpc) is 2.80. The molecule has 0 fully saturated rings. The molecule has 0 spiro atoms. The first kappa shape index (κ1) is 13.9. The molecule has 0 aliphatic carbocycles. The second-order valence-corrected chi connectivity index (χ2v) is 4.87. The summed E-state index contributed by atoms with van der Waals surface area (Å²) in [6, 6.07) is 1.17. The Bertz CT molecular complexity index is 749. The molecule has 0 aliphatic heterocycles. The quantitative estimate of drug-likeness (QED) is 0.670. The van der Waals surface area contributed by atoms with Crippen LogP contribution < -0.4 is 5.56 Å². The molecule has 0 saturated heterocycles.